The summed E-state index contributed by atoms with van der Waals surface area (Å²) in [4.78, 5) is 4.49. The minimum Gasteiger partial charge on any atom is -0.335 e. The highest BCUT2D eigenvalue weighted by atomic mass is 15.1. The van der Waals surface area contributed by atoms with Gasteiger partial charge in [-0.25, -0.2) is 4.98 Å². The van der Waals surface area contributed by atoms with E-state index >= 15 is 0 Å². The fourth-order valence-corrected chi connectivity index (χ4v) is 3.41. The molecule has 3 heteroatoms. The van der Waals surface area contributed by atoms with Crippen LogP contribution in [-0.2, 0) is 13.0 Å². The van der Waals surface area contributed by atoms with E-state index in [9.17, 15) is 0 Å². The van der Waals surface area contributed by atoms with Crippen molar-refractivity contribution in [2.45, 2.75) is 71.4 Å². The maximum absolute atomic E-state index is 6.68. The quantitative estimate of drug-likeness (QED) is 0.846. The molecule has 0 aromatic carbocycles. The van der Waals surface area contributed by atoms with E-state index in [0.717, 1.165) is 43.5 Å². The van der Waals surface area contributed by atoms with Crippen LogP contribution in [0.2, 0.25) is 0 Å². The van der Waals surface area contributed by atoms with Crippen molar-refractivity contribution in [3.63, 3.8) is 0 Å². The maximum Gasteiger partial charge on any atom is 0.110 e. The molecule has 0 aliphatic heterocycles. The van der Waals surface area contributed by atoms with Crippen LogP contribution in [0.15, 0.2) is 12.4 Å². The summed E-state index contributed by atoms with van der Waals surface area (Å²) in [5, 5.41) is 0. The first-order valence-electron chi connectivity index (χ1n) is 7.83. The van der Waals surface area contributed by atoms with Crippen LogP contribution in [0.4, 0.5) is 0 Å². The third-order valence-electron chi connectivity index (χ3n) is 4.86. The van der Waals surface area contributed by atoms with Crippen molar-refractivity contribution in [3.8, 4) is 0 Å². The maximum atomic E-state index is 6.68. The zero-order valence-corrected chi connectivity index (χ0v) is 12.7. The van der Waals surface area contributed by atoms with E-state index in [1.807, 2.05) is 6.20 Å². The number of hydrogen-bond donors (Lipinski definition) is 1. The van der Waals surface area contributed by atoms with Gasteiger partial charge in [-0.3, -0.25) is 0 Å². The minimum absolute atomic E-state index is 0.0398. The largest absolute Gasteiger partial charge is 0.335 e. The second-order valence-electron chi connectivity index (χ2n) is 6.60. The smallest absolute Gasteiger partial charge is 0.110 e. The Morgan fingerprint density at radius 3 is 2.89 bits per heavy atom. The highest BCUT2D eigenvalue weighted by molar-refractivity contribution is 5.02. The number of imidazole rings is 1. The SMILES string of the molecule is CCn1ccnc1CC1(N)CCCC(C(C)C)CC1. The van der Waals surface area contributed by atoms with Gasteiger partial charge in [0.2, 0.25) is 0 Å². The summed E-state index contributed by atoms with van der Waals surface area (Å²) < 4.78 is 2.22. The van der Waals surface area contributed by atoms with Crippen LogP contribution >= 0.6 is 0 Å². The summed E-state index contributed by atoms with van der Waals surface area (Å²) >= 11 is 0. The number of aryl methyl sites for hydroxylation is 1. The first-order chi connectivity index (χ1) is 9.04. The third kappa shape index (κ3) is 3.59. The molecule has 1 aromatic rings. The standard InChI is InChI=1S/C16H29N3/c1-4-19-11-10-18-15(19)12-16(17)8-5-6-14(7-9-16)13(2)3/h10-11,13-14H,4-9,12,17H2,1-3H3. The summed E-state index contributed by atoms with van der Waals surface area (Å²) in [6.07, 6.45) is 11.1. The lowest BCUT2D eigenvalue weighted by Crippen LogP contribution is -2.42. The average Bonchev–Trinajstić information content (AvgIpc) is 2.70. The van der Waals surface area contributed by atoms with Gasteiger partial charge in [-0.05, 0) is 38.0 Å². The normalized spacial score (nSPS) is 28.6. The van der Waals surface area contributed by atoms with E-state index in [4.69, 9.17) is 5.73 Å². The highest BCUT2D eigenvalue weighted by Crippen LogP contribution is 2.34. The van der Waals surface area contributed by atoms with Crippen LogP contribution in [0, 0.1) is 11.8 Å². The van der Waals surface area contributed by atoms with E-state index in [-0.39, 0.29) is 5.54 Å². The van der Waals surface area contributed by atoms with Gasteiger partial charge in [0.05, 0.1) is 0 Å². The first kappa shape index (κ1) is 14.6. The van der Waals surface area contributed by atoms with Gasteiger partial charge in [0.25, 0.3) is 0 Å². The summed E-state index contributed by atoms with van der Waals surface area (Å²) in [5.41, 5.74) is 6.64. The molecule has 0 amide bonds. The molecule has 0 radical (unpaired) electrons. The molecule has 0 bridgehead atoms. The van der Waals surface area contributed by atoms with Gasteiger partial charge < -0.3 is 10.3 Å². The van der Waals surface area contributed by atoms with E-state index < -0.39 is 0 Å². The minimum atomic E-state index is -0.0398. The van der Waals surface area contributed by atoms with Gasteiger partial charge in [-0.15, -0.1) is 0 Å². The molecular formula is C16H29N3. The van der Waals surface area contributed by atoms with Gasteiger partial charge in [0.1, 0.15) is 5.82 Å². The second kappa shape index (κ2) is 6.08. The van der Waals surface area contributed by atoms with Gasteiger partial charge in [0.15, 0.2) is 0 Å². The molecule has 2 atom stereocenters. The Morgan fingerprint density at radius 2 is 2.21 bits per heavy atom. The lowest BCUT2D eigenvalue weighted by molar-refractivity contribution is 0.318. The Balaban J connectivity index is 2.02. The molecule has 3 nitrogen and oxygen atoms in total. The topological polar surface area (TPSA) is 43.8 Å². The third-order valence-corrected chi connectivity index (χ3v) is 4.86. The van der Waals surface area contributed by atoms with Crippen LogP contribution in [-0.4, -0.2) is 15.1 Å². The Kier molecular flexibility index (Phi) is 4.67. The number of hydrogen-bond acceptors (Lipinski definition) is 2. The van der Waals surface area contributed by atoms with Crippen molar-refractivity contribution in [1.82, 2.24) is 9.55 Å². The summed E-state index contributed by atoms with van der Waals surface area (Å²) in [7, 11) is 0. The van der Waals surface area contributed by atoms with Crippen molar-refractivity contribution < 1.29 is 0 Å². The molecule has 1 aliphatic carbocycles. The molecule has 1 heterocycles. The van der Waals surface area contributed by atoms with E-state index in [2.05, 4.69) is 36.5 Å². The fourth-order valence-electron chi connectivity index (χ4n) is 3.41. The summed E-state index contributed by atoms with van der Waals surface area (Å²) in [5.74, 6) is 2.81. The summed E-state index contributed by atoms with van der Waals surface area (Å²) in [6, 6.07) is 0. The lowest BCUT2D eigenvalue weighted by Gasteiger charge is -2.28. The van der Waals surface area contributed by atoms with Crippen LogP contribution in [0.25, 0.3) is 0 Å². The van der Waals surface area contributed by atoms with Gasteiger partial charge in [0, 0.05) is 30.9 Å². The molecule has 1 saturated carbocycles. The molecule has 2 rings (SSSR count). The molecule has 2 N–H and O–H groups in total. The fraction of sp³-hybridized carbons (Fsp3) is 0.812. The molecule has 1 aliphatic rings. The van der Waals surface area contributed by atoms with Crippen molar-refractivity contribution in [1.29, 1.82) is 0 Å². The molecule has 1 aromatic heterocycles. The molecule has 0 saturated heterocycles. The zero-order chi connectivity index (χ0) is 13.9. The monoisotopic (exact) mass is 263 g/mol. The van der Waals surface area contributed by atoms with Crippen molar-refractivity contribution in [3.05, 3.63) is 18.2 Å². The highest BCUT2D eigenvalue weighted by Gasteiger charge is 2.31. The lowest BCUT2D eigenvalue weighted by atomic mass is 9.85. The van der Waals surface area contributed by atoms with Crippen LogP contribution in [0.3, 0.4) is 0 Å². The van der Waals surface area contributed by atoms with Crippen molar-refractivity contribution >= 4 is 0 Å². The van der Waals surface area contributed by atoms with Gasteiger partial charge in [-0.1, -0.05) is 26.7 Å². The number of rotatable bonds is 4. The number of aromatic nitrogens is 2. The van der Waals surface area contributed by atoms with E-state index in [1.54, 1.807) is 0 Å². The van der Waals surface area contributed by atoms with E-state index in [1.165, 1.54) is 19.3 Å². The molecule has 0 spiro atoms. The van der Waals surface area contributed by atoms with Crippen molar-refractivity contribution in [2.24, 2.45) is 17.6 Å². The Bertz CT molecular complexity index is 396. The average molecular weight is 263 g/mol. The Morgan fingerprint density at radius 1 is 1.42 bits per heavy atom. The predicted molar refractivity (Wildman–Crippen MR) is 79.9 cm³/mol. The molecule has 2 unspecified atom stereocenters. The van der Waals surface area contributed by atoms with Crippen LogP contribution < -0.4 is 5.73 Å². The molecule has 1 fully saturated rings. The van der Waals surface area contributed by atoms with E-state index in [0.29, 0.717) is 0 Å². The molecule has 19 heavy (non-hydrogen) atoms. The number of nitrogens with two attached hydrogens (primary N) is 1. The Hall–Kier alpha value is -0.830. The first-order valence-corrected chi connectivity index (χ1v) is 7.83. The zero-order valence-electron chi connectivity index (χ0n) is 12.7. The van der Waals surface area contributed by atoms with Crippen LogP contribution in [0.1, 0.15) is 58.7 Å². The Labute approximate surface area is 117 Å². The second-order valence-corrected chi connectivity index (χ2v) is 6.60. The molecular weight excluding hydrogens is 234 g/mol. The van der Waals surface area contributed by atoms with Gasteiger partial charge in [-0.2, -0.15) is 0 Å². The number of nitrogens with zero attached hydrogens (tertiary/aromatic N) is 2. The molecule has 108 valence electrons. The van der Waals surface area contributed by atoms with Crippen molar-refractivity contribution in [2.75, 3.05) is 0 Å². The van der Waals surface area contributed by atoms with Gasteiger partial charge >= 0.3 is 0 Å². The van der Waals surface area contributed by atoms with Crippen LogP contribution in [0.5, 0.6) is 0 Å². The summed E-state index contributed by atoms with van der Waals surface area (Å²) in [6.45, 7) is 7.84. The predicted octanol–water partition coefficient (Wildman–Crippen LogP) is 3.38.